The van der Waals surface area contributed by atoms with Crippen LogP contribution in [0.1, 0.15) is 11.1 Å². The van der Waals surface area contributed by atoms with Crippen LogP contribution in [0.2, 0.25) is 0 Å². The van der Waals surface area contributed by atoms with Crippen molar-refractivity contribution in [2.45, 2.75) is 13.5 Å². The van der Waals surface area contributed by atoms with Crippen LogP contribution in [0.5, 0.6) is 0 Å². The van der Waals surface area contributed by atoms with Gasteiger partial charge in [0.2, 0.25) is 0 Å². The zero-order valence-electron chi connectivity index (χ0n) is 11.0. The highest BCUT2D eigenvalue weighted by atomic mass is 79.9. The molecule has 20 heavy (non-hydrogen) atoms. The van der Waals surface area contributed by atoms with Crippen molar-refractivity contribution in [3.05, 3.63) is 62.7 Å². The third kappa shape index (κ3) is 2.63. The van der Waals surface area contributed by atoms with E-state index in [0.29, 0.717) is 0 Å². The maximum absolute atomic E-state index is 3.62. The van der Waals surface area contributed by atoms with Crippen LogP contribution >= 0.6 is 31.9 Å². The van der Waals surface area contributed by atoms with Crippen molar-refractivity contribution in [2.75, 3.05) is 5.32 Å². The molecule has 3 rings (SSSR count). The van der Waals surface area contributed by atoms with Gasteiger partial charge in [-0.2, -0.15) is 0 Å². The van der Waals surface area contributed by atoms with Gasteiger partial charge in [-0.15, -0.1) is 0 Å². The molecule has 2 N–H and O–H groups in total. The van der Waals surface area contributed by atoms with Crippen LogP contribution in [0.15, 0.2) is 51.5 Å². The minimum absolute atomic E-state index is 0.787. The van der Waals surface area contributed by atoms with Gasteiger partial charge in [-0.25, -0.2) is 0 Å². The summed E-state index contributed by atoms with van der Waals surface area (Å²) in [5, 5.41) is 4.76. The molecule has 0 aliphatic rings. The highest BCUT2D eigenvalue weighted by Crippen LogP contribution is 2.33. The van der Waals surface area contributed by atoms with Gasteiger partial charge in [0.15, 0.2) is 0 Å². The Morgan fingerprint density at radius 3 is 2.60 bits per heavy atom. The predicted octanol–water partition coefficient (Wildman–Crippen LogP) is 5.61. The fourth-order valence-electron chi connectivity index (χ4n) is 2.36. The molecule has 0 unspecified atom stereocenters. The summed E-state index contributed by atoms with van der Waals surface area (Å²) in [6.45, 7) is 2.87. The smallest absolute Gasteiger partial charge is 0.0631 e. The Labute approximate surface area is 134 Å². The largest absolute Gasteiger partial charge is 0.379 e. The first-order chi connectivity index (χ1) is 9.65. The molecule has 0 saturated carbocycles. The maximum atomic E-state index is 3.62. The summed E-state index contributed by atoms with van der Waals surface area (Å²) in [5.74, 6) is 0. The molecule has 2 nitrogen and oxygen atoms in total. The Bertz CT molecular complexity index is 739. The molecule has 2 aromatic carbocycles. The molecule has 3 aromatic rings. The molecule has 102 valence electrons. The molecule has 0 fully saturated rings. The molecule has 1 aromatic heterocycles. The van der Waals surface area contributed by atoms with Crippen molar-refractivity contribution >= 4 is 48.5 Å². The molecule has 0 aliphatic carbocycles. The molecule has 4 heteroatoms. The number of fused-ring (bicyclic) bond motifs is 1. The number of aromatic amines is 1. The average Bonchev–Trinajstić information content (AvgIpc) is 2.86. The normalized spacial score (nSPS) is 10.9. The molecule has 0 amide bonds. The molecular weight excluding hydrogens is 380 g/mol. The van der Waals surface area contributed by atoms with Crippen LogP contribution in [0.25, 0.3) is 10.9 Å². The first kappa shape index (κ1) is 13.7. The Balaban J connectivity index is 1.89. The quantitative estimate of drug-likeness (QED) is 0.594. The van der Waals surface area contributed by atoms with E-state index < -0.39 is 0 Å². The van der Waals surface area contributed by atoms with Gasteiger partial charge in [0.05, 0.1) is 5.69 Å². The SMILES string of the molecule is Cc1cc(Br)c(NCc2cccc3[nH]ccc23)c(Br)c1. The monoisotopic (exact) mass is 392 g/mol. The number of hydrogen-bond acceptors (Lipinski definition) is 1. The summed E-state index contributed by atoms with van der Waals surface area (Å²) < 4.78 is 2.15. The molecule has 0 radical (unpaired) electrons. The van der Waals surface area contributed by atoms with Gasteiger partial charge in [0, 0.05) is 32.6 Å². The lowest BCUT2D eigenvalue weighted by atomic mass is 10.1. The molecule has 0 aliphatic heterocycles. The zero-order valence-corrected chi connectivity index (χ0v) is 14.2. The second kappa shape index (κ2) is 5.62. The van der Waals surface area contributed by atoms with Crippen LogP contribution in [-0.2, 0) is 6.54 Å². The van der Waals surface area contributed by atoms with Gasteiger partial charge < -0.3 is 10.3 Å². The Hall–Kier alpha value is -1.26. The first-order valence-corrected chi connectivity index (χ1v) is 7.98. The van der Waals surface area contributed by atoms with Crippen molar-refractivity contribution < 1.29 is 0 Å². The fraction of sp³-hybridized carbons (Fsp3) is 0.125. The standard InChI is InChI=1S/C16H14Br2N2/c1-10-7-13(17)16(14(18)8-10)20-9-11-3-2-4-15-12(11)5-6-19-15/h2-8,19-20H,9H2,1H3. The van der Waals surface area contributed by atoms with E-state index in [9.17, 15) is 0 Å². The summed E-state index contributed by atoms with van der Waals surface area (Å²) in [7, 11) is 0. The summed E-state index contributed by atoms with van der Waals surface area (Å²) in [4.78, 5) is 3.24. The summed E-state index contributed by atoms with van der Waals surface area (Å²) >= 11 is 7.23. The zero-order chi connectivity index (χ0) is 14.1. The van der Waals surface area contributed by atoms with Crippen molar-refractivity contribution in [1.29, 1.82) is 0 Å². The minimum Gasteiger partial charge on any atom is -0.379 e. The van der Waals surface area contributed by atoms with E-state index in [1.165, 1.54) is 22.0 Å². The summed E-state index contributed by atoms with van der Waals surface area (Å²) in [6.07, 6.45) is 1.98. The van der Waals surface area contributed by atoms with Gasteiger partial charge in [-0.1, -0.05) is 12.1 Å². The van der Waals surface area contributed by atoms with E-state index in [1.807, 2.05) is 6.20 Å². The first-order valence-electron chi connectivity index (χ1n) is 6.39. The molecular formula is C16H14Br2N2. The van der Waals surface area contributed by atoms with Crippen LogP contribution in [-0.4, -0.2) is 4.98 Å². The Kier molecular flexibility index (Phi) is 3.85. The highest BCUT2D eigenvalue weighted by molar-refractivity contribution is 9.11. The van der Waals surface area contributed by atoms with Crippen molar-refractivity contribution in [1.82, 2.24) is 4.98 Å². The number of halogens is 2. The van der Waals surface area contributed by atoms with Crippen LogP contribution in [0.3, 0.4) is 0 Å². The number of hydrogen-bond donors (Lipinski definition) is 2. The van der Waals surface area contributed by atoms with E-state index >= 15 is 0 Å². The topological polar surface area (TPSA) is 27.8 Å². The lowest BCUT2D eigenvalue weighted by Gasteiger charge is -2.12. The van der Waals surface area contributed by atoms with E-state index in [1.54, 1.807) is 0 Å². The number of nitrogens with one attached hydrogen (secondary N) is 2. The minimum atomic E-state index is 0.787. The van der Waals surface area contributed by atoms with Crippen LogP contribution in [0, 0.1) is 6.92 Å². The lowest BCUT2D eigenvalue weighted by Crippen LogP contribution is -2.01. The molecule has 0 saturated heterocycles. The molecule has 0 bridgehead atoms. The van der Waals surface area contributed by atoms with Crippen molar-refractivity contribution in [3.63, 3.8) is 0 Å². The lowest BCUT2D eigenvalue weighted by molar-refractivity contribution is 1.16. The number of aryl methyl sites for hydroxylation is 1. The second-order valence-corrected chi connectivity index (χ2v) is 6.52. The van der Waals surface area contributed by atoms with Gasteiger partial charge in [0.25, 0.3) is 0 Å². The summed E-state index contributed by atoms with van der Waals surface area (Å²) in [6, 6.07) is 12.7. The Morgan fingerprint density at radius 1 is 1.10 bits per heavy atom. The van der Waals surface area contributed by atoms with Gasteiger partial charge in [-0.05, 0) is 74.2 Å². The highest BCUT2D eigenvalue weighted by Gasteiger charge is 2.07. The number of rotatable bonds is 3. The number of anilines is 1. The van der Waals surface area contributed by atoms with Gasteiger partial charge in [0.1, 0.15) is 0 Å². The number of H-pyrrole nitrogens is 1. The summed E-state index contributed by atoms with van der Waals surface area (Å²) in [5.41, 5.74) is 4.76. The third-order valence-electron chi connectivity index (χ3n) is 3.33. The fourth-order valence-corrected chi connectivity index (χ4v) is 4.05. The number of benzene rings is 2. The molecule has 0 atom stereocenters. The van der Waals surface area contributed by atoms with Crippen LogP contribution < -0.4 is 5.32 Å². The number of aromatic nitrogens is 1. The van der Waals surface area contributed by atoms with Crippen LogP contribution in [0.4, 0.5) is 5.69 Å². The van der Waals surface area contributed by atoms with E-state index in [2.05, 4.69) is 85.5 Å². The van der Waals surface area contributed by atoms with Crippen molar-refractivity contribution in [3.8, 4) is 0 Å². The second-order valence-electron chi connectivity index (χ2n) is 4.81. The van der Waals surface area contributed by atoms with E-state index in [4.69, 9.17) is 0 Å². The molecule has 1 heterocycles. The Morgan fingerprint density at radius 2 is 1.85 bits per heavy atom. The van der Waals surface area contributed by atoms with Gasteiger partial charge >= 0.3 is 0 Å². The van der Waals surface area contributed by atoms with E-state index in [-0.39, 0.29) is 0 Å². The third-order valence-corrected chi connectivity index (χ3v) is 4.58. The van der Waals surface area contributed by atoms with Crippen molar-refractivity contribution in [2.24, 2.45) is 0 Å². The maximum Gasteiger partial charge on any atom is 0.0631 e. The predicted molar refractivity (Wildman–Crippen MR) is 92.2 cm³/mol. The van der Waals surface area contributed by atoms with Gasteiger partial charge in [-0.3, -0.25) is 0 Å². The average molecular weight is 394 g/mol. The molecule has 0 spiro atoms. The van der Waals surface area contributed by atoms with E-state index in [0.717, 1.165) is 21.2 Å².